The van der Waals surface area contributed by atoms with E-state index in [0.717, 1.165) is 43.1 Å². The first kappa shape index (κ1) is 14.6. The topological polar surface area (TPSA) is 46.3 Å². The van der Waals surface area contributed by atoms with E-state index in [1.54, 1.807) is 6.08 Å². The Balaban J connectivity index is 1.94. The van der Waals surface area contributed by atoms with Crippen LogP contribution in [0.1, 0.15) is 38.2 Å². The minimum atomic E-state index is 0.115. The number of rotatable bonds is 3. The van der Waals surface area contributed by atoms with Crippen molar-refractivity contribution in [1.29, 1.82) is 0 Å². The predicted octanol–water partition coefficient (Wildman–Crippen LogP) is 3.32. The number of likely N-dealkylation sites (tertiary alicyclic amines) is 1. The molecule has 1 saturated heterocycles. The van der Waals surface area contributed by atoms with Gasteiger partial charge in [0.05, 0.1) is 0 Å². The molecule has 0 saturated carbocycles. The molecule has 3 heteroatoms. The molecule has 1 aliphatic rings. The molecule has 3 nitrogen and oxygen atoms in total. The summed E-state index contributed by atoms with van der Waals surface area (Å²) in [5.41, 5.74) is 7.42. The Kier molecular flexibility index (Phi) is 5.22. The molecule has 1 fully saturated rings. The summed E-state index contributed by atoms with van der Waals surface area (Å²) in [4.78, 5) is 14.2. The zero-order valence-electron chi connectivity index (χ0n) is 12.2. The number of carbonyl (C=O) groups excluding carboxylic acids is 1. The molecular weight excluding hydrogens is 248 g/mol. The summed E-state index contributed by atoms with van der Waals surface area (Å²) in [5.74, 6) is 0.898. The maximum absolute atomic E-state index is 12.2. The molecule has 0 aromatic heterocycles. The Morgan fingerprint density at radius 3 is 3.00 bits per heavy atom. The molecule has 1 atom stereocenters. The van der Waals surface area contributed by atoms with Crippen LogP contribution in [0, 0.1) is 5.92 Å². The highest BCUT2D eigenvalue weighted by molar-refractivity contribution is 5.91. The van der Waals surface area contributed by atoms with E-state index in [4.69, 9.17) is 5.73 Å². The summed E-state index contributed by atoms with van der Waals surface area (Å²) >= 11 is 0. The van der Waals surface area contributed by atoms with Gasteiger partial charge in [0.2, 0.25) is 5.91 Å². The van der Waals surface area contributed by atoms with Crippen molar-refractivity contribution >= 4 is 17.7 Å². The standard InChI is InChI=1S/C17H24N2O/c1-2-14-6-4-11-19(12-10-14)17(20)9-8-15-5-3-7-16(18)13-15/h3,5,7-9,13-14H,2,4,6,10-12,18H2,1H3/b9-8+. The van der Waals surface area contributed by atoms with Crippen LogP contribution in [-0.4, -0.2) is 23.9 Å². The Morgan fingerprint density at radius 2 is 2.25 bits per heavy atom. The molecule has 1 heterocycles. The van der Waals surface area contributed by atoms with Crippen molar-refractivity contribution in [3.05, 3.63) is 35.9 Å². The third-order valence-corrected chi connectivity index (χ3v) is 4.07. The minimum Gasteiger partial charge on any atom is -0.399 e. The molecule has 108 valence electrons. The minimum absolute atomic E-state index is 0.115. The molecular formula is C17H24N2O. The molecule has 0 radical (unpaired) electrons. The highest BCUT2D eigenvalue weighted by atomic mass is 16.2. The van der Waals surface area contributed by atoms with Crippen molar-refractivity contribution < 1.29 is 4.79 Å². The van der Waals surface area contributed by atoms with Crippen molar-refractivity contribution in [1.82, 2.24) is 4.90 Å². The van der Waals surface area contributed by atoms with E-state index in [1.165, 1.54) is 12.8 Å². The lowest BCUT2D eigenvalue weighted by Crippen LogP contribution is -2.30. The normalized spacial score (nSPS) is 20.1. The summed E-state index contributed by atoms with van der Waals surface area (Å²) < 4.78 is 0. The first-order valence-corrected chi connectivity index (χ1v) is 7.51. The van der Waals surface area contributed by atoms with Crippen molar-refractivity contribution in [2.45, 2.75) is 32.6 Å². The molecule has 20 heavy (non-hydrogen) atoms. The quantitative estimate of drug-likeness (QED) is 0.677. The largest absolute Gasteiger partial charge is 0.399 e. The average molecular weight is 272 g/mol. The maximum Gasteiger partial charge on any atom is 0.246 e. The second kappa shape index (κ2) is 7.13. The van der Waals surface area contributed by atoms with E-state index in [-0.39, 0.29) is 5.91 Å². The fraction of sp³-hybridized carbons (Fsp3) is 0.471. The van der Waals surface area contributed by atoms with Gasteiger partial charge in [0.1, 0.15) is 0 Å². The average Bonchev–Trinajstić information content (AvgIpc) is 2.70. The molecule has 1 aliphatic heterocycles. The molecule has 1 amide bonds. The molecule has 0 bridgehead atoms. The molecule has 1 aromatic carbocycles. The number of anilines is 1. The third-order valence-electron chi connectivity index (χ3n) is 4.07. The van der Waals surface area contributed by atoms with Crippen LogP contribution < -0.4 is 5.73 Å². The van der Waals surface area contributed by atoms with E-state index in [9.17, 15) is 4.79 Å². The lowest BCUT2D eigenvalue weighted by molar-refractivity contribution is -0.125. The van der Waals surface area contributed by atoms with Gasteiger partial charge in [-0.15, -0.1) is 0 Å². The van der Waals surface area contributed by atoms with E-state index in [1.807, 2.05) is 35.2 Å². The van der Waals surface area contributed by atoms with Gasteiger partial charge in [-0.2, -0.15) is 0 Å². The van der Waals surface area contributed by atoms with Crippen molar-refractivity contribution in [3.63, 3.8) is 0 Å². The Hall–Kier alpha value is -1.77. The van der Waals surface area contributed by atoms with Crippen LogP contribution in [0.15, 0.2) is 30.3 Å². The number of nitrogens with two attached hydrogens (primary N) is 1. The lowest BCUT2D eigenvalue weighted by Gasteiger charge is -2.18. The summed E-state index contributed by atoms with van der Waals surface area (Å²) in [6, 6.07) is 7.57. The fourth-order valence-corrected chi connectivity index (χ4v) is 2.73. The van der Waals surface area contributed by atoms with E-state index >= 15 is 0 Å². The zero-order chi connectivity index (χ0) is 14.4. The SMILES string of the molecule is CCC1CCCN(C(=O)/C=C/c2cccc(N)c2)CC1. The van der Waals surface area contributed by atoms with Gasteiger partial charge in [-0.3, -0.25) is 4.79 Å². The van der Waals surface area contributed by atoms with Crippen molar-refractivity contribution in [2.24, 2.45) is 5.92 Å². The smallest absolute Gasteiger partial charge is 0.246 e. The van der Waals surface area contributed by atoms with Gasteiger partial charge in [0.15, 0.2) is 0 Å². The second-order valence-electron chi connectivity index (χ2n) is 5.53. The van der Waals surface area contributed by atoms with Crippen LogP contribution in [0.5, 0.6) is 0 Å². The number of nitrogen functional groups attached to an aromatic ring is 1. The van der Waals surface area contributed by atoms with Gasteiger partial charge in [-0.25, -0.2) is 0 Å². The van der Waals surface area contributed by atoms with Gasteiger partial charge in [0, 0.05) is 24.9 Å². The number of nitrogens with zero attached hydrogens (tertiary/aromatic N) is 1. The lowest BCUT2D eigenvalue weighted by atomic mass is 9.98. The van der Waals surface area contributed by atoms with Crippen LogP contribution in [0.2, 0.25) is 0 Å². The van der Waals surface area contributed by atoms with Crippen LogP contribution >= 0.6 is 0 Å². The van der Waals surface area contributed by atoms with Crippen LogP contribution in [-0.2, 0) is 4.79 Å². The Bertz CT molecular complexity index is 482. The Labute approximate surface area is 121 Å². The highest BCUT2D eigenvalue weighted by Crippen LogP contribution is 2.20. The summed E-state index contributed by atoms with van der Waals surface area (Å²) in [6.45, 7) is 4.01. The molecule has 1 unspecified atom stereocenters. The molecule has 2 rings (SSSR count). The molecule has 1 aromatic rings. The molecule has 0 aliphatic carbocycles. The summed E-state index contributed by atoms with van der Waals surface area (Å²) in [7, 11) is 0. The summed E-state index contributed by atoms with van der Waals surface area (Å²) in [5, 5.41) is 0. The number of carbonyl (C=O) groups is 1. The monoisotopic (exact) mass is 272 g/mol. The zero-order valence-corrected chi connectivity index (χ0v) is 12.2. The number of hydrogen-bond acceptors (Lipinski definition) is 2. The first-order chi connectivity index (χ1) is 9.69. The number of benzene rings is 1. The fourth-order valence-electron chi connectivity index (χ4n) is 2.73. The second-order valence-corrected chi connectivity index (χ2v) is 5.53. The van der Waals surface area contributed by atoms with Gasteiger partial charge >= 0.3 is 0 Å². The van der Waals surface area contributed by atoms with Gasteiger partial charge < -0.3 is 10.6 Å². The van der Waals surface area contributed by atoms with E-state index < -0.39 is 0 Å². The Morgan fingerprint density at radius 1 is 1.40 bits per heavy atom. The predicted molar refractivity (Wildman–Crippen MR) is 84.1 cm³/mol. The maximum atomic E-state index is 12.2. The number of hydrogen-bond donors (Lipinski definition) is 1. The van der Waals surface area contributed by atoms with Crippen LogP contribution in [0.25, 0.3) is 6.08 Å². The molecule has 2 N–H and O–H groups in total. The van der Waals surface area contributed by atoms with E-state index in [2.05, 4.69) is 6.92 Å². The van der Waals surface area contributed by atoms with E-state index in [0.29, 0.717) is 0 Å². The molecule has 0 spiro atoms. The first-order valence-electron chi connectivity index (χ1n) is 7.51. The number of amides is 1. The van der Waals surface area contributed by atoms with Crippen LogP contribution in [0.4, 0.5) is 5.69 Å². The van der Waals surface area contributed by atoms with Crippen molar-refractivity contribution in [3.8, 4) is 0 Å². The van der Waals surface area contributed by atoms with Crippen molar-refractivity contribution in [2.75, 3.05) is 18.8 Å². The highest BCUT2D eigenvalue weighted by Gasteiger charge is 2.17. The third kappa shape index (κ3) is 4.12. The van der Waals surface area contributed by atoms with Gasteiger partial charge in [-0.05, 0) is 49.0 Å². The van der Waals surface area contributed by atoms with Gasteiger partial charge in [0.25, 0.3) is 0 Å². The summed E-state index contributed by atoms with van der Waals surface area (Å²) in [6.07, 6.45) is 8.24. The van der Waals surface area contributed by atoms with Crippen LogP contribution in [0.3, 0.4) is 0 Å². The van der Waals surface area contributed by atoms with Gasteiger partial charge in [-0.1, -0.05) is 25.5 Å².